The van der Waals surface area contributed by atoms with Crippen LogP contribution in [0.5, 0.6) is 0 Å². The van der Waals surface area contributed by atoms with Crippen molar-refractivity contribution in [2.24, 2.45) is 0 Å². The first-order chi connectivity index (χ1) is 7.40. The van der Waals surface area contributed by atoms with Gasteiger partial charge in [0.25, 0.3) is 0 Å². The molecule has 1 heterocycles. The third-order valence-electron chi connectivity index (χ3n) is 2.77. The SMILES string of the molecule is C=CC[C@H]1CC=C[C@H](c2ccccc2)N1. The Kier molecular flexibility index (Phi) is 3.36. The van der Waals surface area contributed by atoms with E-state index in [2.05, 4.69) is 54.4 Å². The van der Waals surface area contributed by atoms with E-state index in [1.165, 1.54) is 5.56 Å². The summed E-state index contributed by atoms with van der Waals surface area (Å²) in [6.45, 7) is 3.79. The van der Waals surface area contributed by atoms with Crippen LogP contribution in [0, 0.1) is 0 Å². The Hall–Kier alpha value is -1.34. The molecule has 1 aliphatic heterocycles. The van der Waals surface area contributed by atoms with Crippen molar-refractivity contribution in [3.8, 4) is 0 Å². The number of nitrogens with one attached hydrogen (secondary N) is 1. The molecular formula is C14H17N. The van der Waals surface area contributed by atoms with Crippen LogP contribution in [0.4, 0.5) is 0 Å². The Morgan fingerprint density at radius 2 is 2.13 bits per heavy atom. The summed E-state index contributed by atoms with van der Waals surface area (Å²) in [5, 5.41) is 3.61. The van der Waals surface area contributed by atoms with Crippen molar-refractivity contribution in [3.05, 3.63) is 60.7 Å². The molecule has 0 bridgehead atoms. The van der Waals surface area contributed by atoms with Gasteiger partial charge in [0, 0.05) is 6.04 Å². The molecule has 0 aliphatic carbocycles. The predicted molar refractivity (Wildman–Crippen MR) is 64.7 cm³/mol. The van der Waals surface area contributed by atoms with Gasteiger partial charge in [-0.1, -0.05) is 48.6 Å². The quantitative estimate of drug-likeness (QED) is 0.737. The fourth-order valence-corrected chi connectivity index (χ4v) is 1.99. The van der Waals surface area contributed by atoms with Crippen molar-refractivity contribution in [1.82, 2.24) is 5.32 Å². The number of rotatable bonds is 3. The Labute approximate surface area is 91.5 Å². The number of hydrogen-bond donors (Lipinski definition) is 1. The molecule has 0 fully saturated rings. The highest BCUT2D eigenvalue weighted by atomic mass is 15.0. The van der Waals surface area contributed by atoms with Crippen LogP contribution in [0.15, 0.2) is 55.1 Å². The van der Waals surface area contributed by atoms with Crippen LogP contribution >= 0.6 is 0 Å². The lowest BCUT2D eigenvalue weighted by atomic mass is 9.98. The maximum absolute atomic E-state index is 3.79. The van der Waals surface area contributed by atoms with E-state index in [4.69, 9.17) is 0 Å². The average Bonchev–Trinajstić information content (AvgIpc) is 2.31. The maximum atomic E-state index is 3.79. The minimum absolute atomic E-state index is 0.366. The minimum atomic E-state index is 0.366. The molecule has 0 aromatic heterocycles. The number of hydrogen-bond acceptors (Lipinski definition) is 1. The second-order valence-electron chi connectivity index (χ2n) is 3.94. The van der Waals surface area contributed by atoms with Gasteiger partial charge >= 0.3 is 0 Å². The van der Waals surface area contributed by atoms with Gasteiger partial charge in [-0.3, -0.25) is 0 Å². The van der Waals surface area contributed by atoms with Crippen molar-refractivity contribution in [1.29, 1.82) is 0 Å². The second kappa shape index (κ2) is 4.94. The summed E-state index contributed by atoms with van der Waals surface area (Å²) in [5.41, 5.74) is 1.34. The number of benzene rings is 1. The van der Waals surface area contributed by atoms with Gasteiger partial charge in [-0.25, -0.2) is 0 Å². The monoisotopic (exact) mass is 199 g/mol. The second-order valence-corrected chi connectivity index (χ2v) is 3.94. The van der Waals surface area contributed by atoms with Gasteiger partial charge < -0.3 is 5.32 Å². The van der Waals surface area contributed by atoms with E-state index >= 15 is 0 Å². The Morgan fingerprint density at radius 3 is 2.87 bits per heavy atom. The molecule has 0 radical (unpaired) electrons. The van der Waals surface area contributed by atoms with E-state index in [1.807, 2.05) is 6.08 Å². The van der Waals surface area contributed by atoms with E-state index in [0.29, 0.717) is 12.1 Å². The lowest BCUT2D eigenvalue weighted by Crippen LogP contribution is -2.33. The third kappa shape index (κ3) is 2.57. The van der Waals surface area contributed by atoms with Gasteiger partial charge in [-0.05, 0) is 18.4 Å². The molecule has 2 rings (SSSR count). The van der Waals surface area contributed by atoms with Crippen LogP contribution < -0.4 is 5.32 Å². The Balaban J connectivity index is 2.08. The summed E-state index contributed by atoms with van der Waals surface area (Å²) < 4.78 is 0. The molecule has 1 aliphatic rings. The normalized spacial score (nSPS) is 25.1. The van der Waals surface area contributed by atoms with Crippen LogP contribution in [0.3, 0.4) is 0 Å². The van der Waals surface area contributed by atoms with Gasteiger partial charge in [0.15, 0.2) is 0 Å². The van der Waals surface area contributed by atoms with Crippen LogP contribution in [0.25, 0.3) is 0 Å². The topological polar surface area (TPSA) is 12.0 Å². The molecule has 1 aromatic rings. The summed E-state index contributed by atoms with van der Waals surface area (Å²) in [5.74, 6) is 0. The zero-order chi connectivity index (χ0) is 10.5. The maximum Gasteiger partial charge on any atom is 0.0508 e. The third-order valence-corrected chi connectivity index (χ3v) is 2.77. The molecule has 0 amide bonds. The molecule has 78 valence electrons. The molecule has 1 aromatic carbocycles. The average molecular weight is 199 g/mol. The van der Waals surface area contributed by atoms with Gasteiger partial charge in [-0.2, -0.15) is 0 Å². The summed E-state index contributed by atoms with van der Waals surface area (Å²) in [6, 6.07) is 11.5. The van der Waals surface area contributed by atoms with E-state index in [-0.39, 0.29) is 0 Å². The molecule has 15 heavy (non-hydrogen) atoms. The summed E-state index contributed by atoms with van der Waals surface area (Å²) >= 11 is 0. The van der Waals surface area contributed by atoms with Crippen molar-refractivity contribution in [2.75, 3.05) is 0 Å². The van der Waals surface area contributed by atoms with Gasteiger partial charge in [0.2, 0.25) is 0 Å². The first-order valence-electron chi connectivity index (χ1n) is 5.48. The van der Waals surface area contributed by atoms with Gasteiger partial charge in [0.05, 0.1) is 6.04 Å². The summed E-state index contributed by atoms with van der Waals surface area (Å²) in [6.07, 6.45) is 8.64. The highest BCUT2D eigenvalue weighted by Crippen LogP contribution is 2.20. The standard InChI is InChI=1S/C14H17N/c1-2-7-13-10-6-11-14(15-13)12-8-4-3-5-9-12/h2-6,8-9,11,13-15H,1,7,10H2/t13-,14+/m0/s1. The van der Waals surface area contributed by atoms with Crippen LogP contribution in [0.2, 0.25) is 0 Å². The van der Waals surface area contributed by atoms with E-state index in [9.17, 15) is 0 Å². The van der Waals surface area contributed by atoms with Crippen molar-refractivity contribution in [2.45, 2.75) is 24.9 Å². The lowest BCUT2D eigenvalue weighted by Gasteiger charge is -2.26. The van der Waals surface area contributed by atoms with Crippen molar-refractivity contribution in [3.63, 3.8) is 0 Å². The smallest absolute Gasteiger partial charge is 0.0508 e. The first kappa shape index (κ1) is 10.2. The Morgan fingerprint density at radius 1 is 1.33 bits per heavy atom. The zero-order valence-electron chi connectivity index (χ0n) is 8.89. The van der Waals surface area contributed by atoms with Gasteiger partial charge in [-0.15, -0.1) is 6.58 Å². The van der Waals surface area contributed by atoms with Crippen molar-refractivity contribution >= 4 is 0 Å². The predicted octanol–water partition coefficient (Wildman–Crippen LogP) is 3.22. The molecule has 0 unspecified atom stereocenters. The lowest BCUT2D eigenvalue weighted by molar-refractivity contribution is 0.463. The van der Waals surface area contributed by atoms with E-state index < -0.39 is 0 Å². The molecule has 1 nitrogen and oxygen atoms in total. The molecule has 0 saturated heterocycles. The molecule has 0 saturated carbocycles. The van der Waals surface area contributed by atoms with Crippen LogP contribution in [-0.2, 0) is 0 Å². The molecule has 1 N–H and O–H groups in total. The van der Waals surface area contributed by atoms with Crippen molar-refractivity contribution < 1.29 is 0 Å². The zero-order valence-corrected chi connectivity index (χ0v) is 8.89. The highest BCUT2D eigenvalue weighted by molar-refractivity contribution is 5.24. The highest BCUT2D eigenvalue weighted by Gasteiger charge is 2.16. The summed E-state index contributed by atoms with van der Waals surface area (Å²) in [7, 11) is 0. The minimum Gasteiger partial charge on any atom is -0.303 e. The fourth-order valence-electron chi connectivity index (χ4n) is 1.99. The Bertz CT molecular complexity index is 340. The van der Waals surface area contributed by atoms with Gasteiger partial charge in [0.1, 0.15) is 0 Å². The molecule has 2 atom stereocenters. The molecular weight excluding hydrogens is 182 g/mol. The summed E-state index contributed by atoms with van der Waals surface area (Å²) in [4.78, 5) is 0. The largest absolute Gasteiger partial charge is 0.303 e. The molecule has 1 heteroatoms. The first-order valence-corrected chi connectivity index (χ1v) is 5.48. The van der Waals surface area contributed by atoms with E-state index in [0.717, 1.165) is 12.8 Å². The molecule has 0 spiro atoms. The van der Waals surface area contributed by atoms with Crippen LogP contribution in [0.1, 0.15) is 24.4 Å². The van der Waals surface area contributed by atoms with E-state index in [1.54, 1.807) is 0 Å². The van der Waals surface area contributed by atoms with Crippen LogP contribution in [-0.4, -0.2) is 6.04 Å². The fraction of sp³-hybridized carbons (Fsp3) is 0.286.